The van der Waals surface area contributed by atoms with Gasteiger partial charge in [0.1, 0.15) is 0 Å². The van der Waals surface area contributed by atoms with E-state index in [4.69, 9.17) is 0 Å². The summed E-state index contributed by atoms with van der Waals surface area (Å²) in [5, 5.41) is 9.82. The first-order valence-corrected chi connectivity index (χ1v) is 12.7. The molecule has 1 fully saturated rings. The minimum Gasteiger partial charge on any atom is -0.336 e. The maximum absolute atomic E-state index is 12.8. The second-order valence-corrected chi connectivity index (χ2v) is 9.75. The lowest BCUT2D eigenvalue weighted by molar-refractivity contribution is 0.0664. The van der Waals surface area contributed by atoms with E-state index < -0.39 is 0 Å². The number of likely N-dealkylation sites (N-methyl/N-ethyl adjacent to an activating group) is 1. The summed E-state index contributed by atoms with van der Waals surface area (Å²) in [6.07, 6.45) is 3.56. The van der Waals surface area contributed by atoms with Gasteiger partial charge >= 0.3 is 0 Å². The van der Waals surface area contributed by atoms with Gasteiger partial charge in [0.25, 0.3) is 5.91 Å². The number of carbonyl (C=O) groups is 1. The summed E-state index contributed by atoms with van der Waals surface area (Å²) in [6.45, 7) is 5.48. The van der Waals surface area contributed by atoms with E-state index in [2.05, 4.69) is 56.8 Å². The zero-order chi connectivity index (χ0) is 24.2. The van der Waals surface area contributed by atoms with Crippen molar-refractivity contribution in [3.8, 4) is 17.1 Å². The van der Waals surface area contributed by atoms with Crippen LogP contribution in [0.3, 0.4) is 0 Å². The summed E-state index contributed by atoms with van der Waals surface area (Å²) in [5.41, 5.74) is 4.98. The van der Waals surface area contributed by atoms with Crippen molar-refractivity contribution in [2.75, 3.05) is 33.2 Å². The van der Waals surface area contributed by atoms with Gasteiger partial charge in [0.15, 0.2) is 11.0 Å². The number of nitrogens with zero attached hydrogens (tertiary/aromatic N) is 6. The highest BCUT2D eigenvalue weighted by molar-refractivity contribution is 7.98. The van der Waals surface area contributed by atoms with Crippen LogP contribution in [-0.2, 0) is 5.75 Å². The highest BCUT2D eigenvalue weighted by Gasteiger charge is 2.20. The molecule has 2 aromatic heterocycles. The number of aromatic nitrogens is 4. The number of hydrogen-bond acceptors (Lipinski definition) is 6. The lowest BCUT2D eigenvalue weighted by atomic mass is 10.1. The number of thioether (sulfide) groups is 1. The van der Waals surface area contributed by atoms with Crippen LogP contribution in [0.2, 0.25) is 0 Å². The number of hydrogen-bond donors (Lipinski definition) is 0. The average molecular weight is 485 g/mol. The van der Waals surface area contributed by atoms with Gasteiger partial charge in [-0.1, -0.05) is 36.0 Å². The fourth-order valence-corrected chi connectivity index (χ4v) is 5.04. The molecule has 0 N–H and O–H groups in total. The molecule has 0 aliphatic carbocycles. The number of carbonyl (C=O) groups excluding carboxylic acids is 1. The molecular formula is C27H28N6OS. The van der Waals surface area contributed by atoms with Gasteiger partial charge in [-0.15, -0.1) is 10.2 Å². The van der Waals surface area contributed by atoms with Crippen LogP contribution in [0.4, 0.5) is 0 Å². The van der Waals surface area contributed by atoms with Crippen LogP contribution in [0.25, 0.3) is 17.1 Å². The fourth-order valence-electron chi connectivity index (χ4n) is 4.13. The maximum atomic E-state index is 12.8. The van der Waals surface area contributed by atoms with Crippen molar-refractivity contribution >= 4 is 17.7 Å². The van der Waals surface area contributed by atoms with E-state index in [0.717, 1.165) is 65.3 Å². The van der Waals surface area contributed by atoms with Crippen LogP contribution in [0.15, 0.2) is 78.2 Å². The van der Waals surface area contributed by atoms with Crippen LogP contribution in [0.1, 0.15) is 21.5 Å². The van der Waals surface area contributed by atoms with Crippen LogP contribution >= 0.6 is 11.8 Å². The Morgan fingerprint density at radius 1 is 0.971 bits per heavy atom. The van der Waals surface area contributed by atoms with Crippen molar-refractivity contribution in [3.05, 3.63) is 89.7 Å². The molecule has 0 unspecified atom stereocenters. The van der Waals surface area contributed by atoms with E-state index in [1.165, 1.54) is 5.56 Å². The van der Waals surface area contributed by atoms with E-state index in [1.807, 2.05) is 47.4 Å². The Morgan fingerprint density at radius 2 is 1.77 bits per heavy atom. The first-order chi connectivity index (χ1) is 17.1. The van der Waals surface area contributed by atoms with Gasteiger partial charge in [0.2, 0.25) is 0 Å². The summed E-state index contributed by atoms with van der Waals surface area (Å²) in [4.78, 5) is 21.3. The third kappa shape index (κ3) is 5.28. The van der Waals surface area contributed by atoms with Crippen LogP contribution in [-0.4, -0.2) is 68.7 Å². The molecule has 1 aliphatic heterocycles. The molecule has 7 nitrogen and oxygen atoms in total. The summed E-state index contributed by atoms with van der Waals surface area (Å²) in [5.74, 6) is 1.59. The Kier molecular flexibility index (Phi) is 6.92. The van der Waals surface area contributed by atoms with Crippen molar-refractivity contribution in [1.82, 2.24) is 29.5 Å². The number of amides is 1. The van der Waals surface area contributed by atoms with Gasteiger partial charge in [0.05, 0.1) is 0 Å². The standard InChI is InChI=1S/C27H28N6OS/c1-20-5-3-7-24(17-20)33-25(23-6-4-12-28-18-23)29-30-27(33)35-19-21-8-10-22(11-9-21)26(34)32-15-13-31(2)14-16-32/h3-12,17-18H,13-16,19H2,1-2H3. The molecule has 4 aromatic rings. The quantitative estimate of drug-likeness (QED) is 0.380. The zero-order valence-electron chi connectivity index (χ0n) is 20.0. The normalized spacial score (nSPS) is 14.3. The molecular weight excluding hydrogens is 456 g/mol. The minimum absolute atomic E-state index is 0.109. The Bertz CT molecular complexity index is 1300. The molecule has 0 bridgehead atoms. The monoisotopic (exact) mass is 484 g/mol. The molecule has 1 aliphatic rings. The number of piperazine rings is 1. The van der Waals surface area contributed by atoms with Gasteiger partial charge in [-0.05, 0) is 61.5 Å². The Labute approximate surface area is 209 Å². The molecule has 0 atom stereocenters. The van der Waals surface area contributed by atoms with E-state index >= 15 is 0 Å². The van der Waals surface area contributed by atoms with Gasteiger partial charge in [-0.2, -0.15) is 0 Å². The van der Waals surface area contributed by atoms with Crippen molar-refractivity contribution in [3.63, 3.8) is 0 Å². The maximum Gasteiger partial charge on any atom is 0.253 e. The molecule has 5 rings (SSSR count). The van der Waals surface area contributed by atoms with Gasteiger partial charge in [-0.3, -0.25) is 14.3 Å². The molecule has 8 heteroatoms. The molecule has 0 radical (unpaired) electrons. The third-order valence-electron chi connectivity index (χ3n) is 6.17. The Hall–Kier alpha value is -3.49. The highest BCUT2D eigenvalue weighted by Crippen LogP contribution is 2.30. The average Bonchev–Trinajstić information content (AvgIpc) is 3.32. The SMILES string of the molecule is Cc1cccc(-n2c(SCc3ccc(C(=O)N4CCN(C)CC4)cc3)nnc2-c2cccnc2)c1. The van der Waals surface area contributed by atoms with Gasteiger partial charge in [0, 0.05) is 61.1 Å². The summed E-state index contributed by atoms with van der Waals surface area (Å²) >= 11 is 1.63. The first-order valence-electron chi connectivity index (χ1n) is 11.7. The van der Waals surface area contributed by atoms with E-state index in [9.17, 15) is 4.79 Å². The summed E-state index contributed by atoms with van der Waals surface area (Å²) in [7, 11) is 2.09. The van der Waals surface area contributed by atoms with Crippen LogP contribution in [0.5, 0.6) is 0 Å². The van der Waals surface area contributed by atoms with Crippen LogP contribution in [0, 0.1) is 6.92 Å². The second-order valence-electron chi connectivity index (χ2n) is 8.80. The largest absolute Gasteiger partial charge is 0.336 e. The van der Waals surface area contributed by atoms with Crippen molar-refractivity contribution < 1.29 is 4.79 Å². The van der Waals surface area contributed by atoms with Crippen molar-refractivity contribution in [1.29, 1.82) is 0 Å². The van der Waals surface area contributed by atoms with E-state index in [-0.39, 0.29) is 5.91 Å². The number of pyridine rings is 1. The predicted molar refractivity (Wildman–Crippen MR) is 139 cm³/mol. The number of benzene rings is 2. The lowest BCUT2D eigenvalue weighted by Crippen LogP contribution is -2.47. The zero-order valence-corrected chi connectivity index (χ0v) is 20.8. The predicted octanol–water partition coefficient (Wildman–Crippen LogP) is 4.32. The minimum atomic E-state index is 0.109. The first kappa shape index (κ1) is 23.3. The molecule has 1 saturated heterocycles. The highest BCUT2D eigenvalue weighted by atomic mass is 32.2. The van der Waals surface area contributed by atoms with Gasteiger partial charge < -0.3 is 9.80 Å². The number of rotatable bonds is 6. The Balaban J connectivity index is 1.34. The molecule has 1 amide bonds. The summed E-state index contributed by atoms with van der Waals surface area (Å²) < 4.78 is 2.08. The molecule has 178 valence electrons. The van der Waals surface area contributed by atoms with E-state index in [0.29, 0.717) is 0 Å². The second kappa shape index (κ2) is 10.4. The molecule has 35 heavy (non-hydrogen) atoms. The fraction of sp³-hybridized carbons (Fsp3) is 0.259. The third-order valence-corrected chi connectivity index (χ3v) is 7.17. The summed E-state index contributed by atoms with van der Waals surface area (Å²) in [6, 6.07) is 20.2. The van der Waals surface area contributed by atoms with E-state index in [1.54, 1.807) is 24.2 Å². The molecule has 0 saturated carbocycles. The molecule has 3 heterocycles. The molecule has 0 spiro atoms. The number of aryl methyl sites for hydroxylation is 1. The Morgan fingerprint density at radius 3 is 2.49 bits per heavy atom. The van der Waals surface area contributed by atoms with Crippen LogP contribution < -0.4 is 0 Å². The topological polar surface area (TPSA) is 67.2 Å². The lowest BCUT2D eigenvalue weighted by Gasteiger charge is -2.32. The molecule has 2 aromatic carbocycles. The smallest absolute Gasteiger partial charge is 0.253 e. The van der Waals surface area contributed by atoms with Crippen molar-refractivity contribution in [2.24, 2.45) is 0 Å². The van der Waals surface area contributed by atoms with Crippen molar-refractivity contribution in [2.45, 2.75) is 17.8 Å². The van der Waals surface area contributed by atoms with Gasteiger partial charge in [-0.25, -0.2) is 0 Å².